The van der Waals surface area contributed by atoms with Crippen LogP contribution in [-0.2, 0) is 12.8 Å². The van der Waals surface area contributed by atoms with E-state index in [9.17, 15) is 29.1 Å². The average molecular weight is 1280 g/mol. The molecule has 3 aliphatic carbocycles. The number of carbonyl (C=O) groups is 5. The summed E-state index contributed by atoms with van der Waals surface area (Å²) in [5.74, 6) is 0.849. The standard InChI is InChI=1S/C22H25NO3.C22H27NO.C22H25NO.C14H12BrNO/c24-21(18-9-5-2-6-10-18)23-20-15-17(13-14-19(20)22(25)26)12-11-16-7-3-1-4-8-16;2*1-17-12-13-19(15-14-18-8-4-2-5-9-18)16-21(17)23-22(24)20-10-6-3-7-11-20;1-10-7-8-12(15)9-13(10)16-14(17)11-5-3-2-4-6-11/h2,5-6,9-10,13-16H,1,3-4,7-8,11-12H2,(H,23,24)(H,25,26);3,6-7,10-13,16,18H,2,4-5,8-9,14-15H2,1H3,(H,23,24);3,6-7,10-16,18H,2,4-5,8-9H2,1H3,(H,23,24);2-9H,1H3,(H,16,17)/b;;15-14+;. The molecule has 0 saturated heterocycles. The summed E-state index contributed by atoms with van der Waals surface area (Å²) in [5, 5.41) is 21.2. The average Bonchev–Trinajstić information content (AvgIpc) is 3.51. The zero-order valence-corrected chi connectivity index (χ0v) is 54.7. The highest BCUT2D eigenvalue weighted by Gasteiger charge is 2.19. The molecule has 5 N–H and O–H groups in total. The Bertz CT molecular complexity index is 3650. The topological polar surface area (TPSA) is 154 Å². The quantitative estimate of drug-likeness (QED) is 0.0612. The van der Waals surface area contributed by atoms with Gasteiger partial charge in [-0.25, -0.2) is 4.79 Å². The molecule has 0 aromatic heterocycles. The van der Waals surface area contributed by atoms with Crippen molar-refractivity contribution in [1.29, 1.82) is 0 Å². The molecule has 0 bridgehead atoms. The molecular formula is C80H89BrN4O6. The number of carbonyl (C=O) groups excluding carboxylic acids is 4. The van der Waals surface area contributed by atoms with Crippen molar-refractivity contribution in [3.05, 3.63) is 266 Å². The van der Waals surface area contributed by atoms with Crippen LogP contribution >= 0.6 is 15.9 Å². The van der Waals surface area contributed by atoms with Crippen molar-refractivity contribution in [3.63, 3.8) is 0 Å². The van der Waals surface area contributed by atoms with Crippen molar-refractivity contribution < 1.29 is 29.1 Å². The molecule has 3 aliphatic rings. The first-order valence-corrected chi connectivity index (χ1v) is 33.5. The number of halogens is 1. The summed E-state index contributed by atoms with van der Waals surface area (Å²) in [5.41, 5.74) is 12.5. The summed E-state index contributed by atoms with van der Waals surface area (Å²) in [6.07, 6.45) is 29.2. The Balaban J connectivity index is 0.000000158. The van der Waals surface area contributed by atoms with Crippen molar-refractivity contribution in [2.24, 2.45) is 17.8 Å². The summed E-state index contributed by atoms with van der Waals surface area (Å²) in [4.78, 5) is 60.6. The summed E-state index contributed by atoms with van der Waals surface area (Å²) in [6.45, 7) is 6.04. The number of rotatable bonds is 17. The van der Waals surface area contributed by atoms with Gasteiger partial charge in [-0.05, 0) is 195 Å². The number of anilines is 4. The Kier molecular flexibility index (Phi) is 27.2. The number of aryl methyl sites for hydroxylation is 5. The maximum Gasteiger partial charge on any atom is 0.337 e. The van der Waals surface area contributed by atoms with Gasteiger partial charge in [-0.3, -0.25) is 19.2 Å². The third kappa shape index (κ3) is 22.6. The van der Waals surface area contributed by atoms with Crippen LogP contribution in [0.2, 0.25) is 0 Å². The number of hydrogen-bond acceptors (Lipinski definition) is 5. The molecule has 4 amide bonds. The van der Waals surface area contributed by atoms with Crippen LogP contribution in [0.15, 0.2) is 205 Å². The Morgan fingerprint density at radius 2 is 0.758 bits per heavy atom. The summed E-state index contributed by atoms with van der Waals surface area (Å²) >= 11 is 3.39. The van der Waals surface area contributed by atoms with Crippen LogP contribution in [0.25, 0.3) is 6.08 Å². The summed E-state index contributed by atoms with van der Waals surface area (Å²) < 4.78 is 0.950. The van der Waals surface area contributed by atoms with Crippen LogP contribution in [0.1, 0.15) is 194 Å². The van der Waals surface area contributed by atoms with Gasteiger partial charge in [0.1, 0.15) is 0 Å². The fourth-order valence-corrected chi connectivity index (χ4v) is 12.4. The monoisotopic (exact) mass is 1280 g/mol. The third-order valence-electron chi connectivity index (χ3n) is 17.6. The van der Waals surface area contributed by atoms with E-state index in [4.69, 9.17) is 0 Å². The molecule has 0 spiro atoms. The fourth-order valence-electron chi connectivity index (χ4n) is 12.0. The molecule has 10 nitrogen and oxygen atoms in total. The molecule has 0 atom stereocenters. The SMILES string of the molecule is Cc1ccc(/C=C/C2CCCCC2)cc1NC(=O)c1ccccc1.Cc1ccc(Br)cc1NC(=O)c1ccccc1.Cc1ccc(CCC2CCCCC2)cc1NC(=O)c1ccccc1.O=C(Nc1cc(CCC2CCCCC2)ccc1C(=O)O)c1ccccc1. The number of aromatic carboxylic acids is 1. The van der Waals surface area contributed by atoms with Crippen molar-refractivity contribution in [2.75, 3.05) is 21.3 Å². The first-order valence-electron chi connectivity index (χ1n) is 32.7. The van der Waals surface area contributed by atoms with Crippen molar-refractivity contribution in [1.82, 2.24) is 0 Å². The van der Waals surface area contributed by atoms with E-state index in [2.05, 4.69) is 85.7 Å². The van der Waals surface area contributed by atoms with Gasteiger partial charge in [-0.15, -0.1) is 0 Å². The molecule has 0 radical (unpaired) electrons. The van der Waals surface area contributed by atoms with Crippen molar-refractivity contribution >= 4 is 74.4 Å². The second kappa shape index (κ2) is 36.2. The highest BCUT2D eigenvalue weighted by atomic mass is 79.9. The Labute approximate surface area is 547 Å². The molecule has 0 aliphatic heterocycles. The molecule has 91 heavy (non-hydrogen) atoms. The largest absolute Gasteiger partial charge is 0.478 e. The van der Waals surface area contributed by atoms with Crippen LogP contribution in [-0.4, -0.2) is 34.7 Å². The number of allylic oxidation sites excluding steroid dienone is 1. The van der Waals surface area contributed by atoms with Crippen LogP contribution in [0.4, 0.5) is 22.7 Å². The molecule has 8 aromatic rings. The van der Waals surface area contributed by atoms with Crippen molar-refractivity contribution in [3.8, 4) is 0 Å². The number of amides is 4. The van der Waals surface area contributed by atoms with Gasteiger partial charge in [0.05, 0.1) is 11.3 Å². The highest BCUT2D eigenvalue weighted by Crippen LogP contribution is 2.32. The fraction of sp³-hybridized carbons (Fsp3) is 0.312. The lowest BCUT2D eigenvalue weighted by molar-refractivity contribution is 0.0697. The van der Waals surface area contributed by atoms with Gasteiger partial charge in [0.15, 0.2) is 0 Å². The minimum Gasteiger partial charge on any atom is -0.478 e. The normalized spacial score (nSPS) is 14.2. The van der Waals surface area contributed by atoms with E-state index in [1.165, 1.54) is 108 Å². The van der Waals surface area contributed by atoms with E-state index in [-0.39, 0.29) is 29.2 Å². The minimum atomic E-state index is -1.04. The molecular weight excluding hydrogens is 1190 g/mol. The highest BCUT2D eigenvalue weighted by molar-refractivity contribution is 9.10. The zero-order valence-electron chi connectivity index (χ0n) is 53.2. The predicted molar refractivity (Wildman–Crippen MR) is 378 cm³/mol. The number of carboxylic acid groups (broad SMARTS) is 1. The second-order valence-corrected chi connectivity index (χ2v) is 25.4. The maximum absolute atomic E-state index is 12.4. The molecule has 0 unspecified atom stereocenters. The number of carboxylic acids is 1. The van der Waals surface area contributed by atoms with E-state index >= 15 is 0 Å². The van der Waals surface area contributed by atoms with Gasteiger partial charge in [0.2, 0.25) is 0 Å². The number of hydrogen-bond donors (Lipinski definition) is 5. The van der Waals surface area contributed by atoms with E-state index < -0.39 is 5.97 Å². The van der Waals surface area contributed by atoms with E-state index in [0.717, 1.165) is 80.5 Å². The zero-order chi connectivity index (χ0) is 64.2. The first-order chi connectivity index (χ1) is 44.2. The lowest BCUT2D eigenvalue weighted by Gasteiger charge is -2.21. The summed E-state index contributed by atoms with van der Waals surface area (Å²) in [7, 11) is 0. The predicted octanol–water partition coefficient (Wildman–Crippen LogP) is 20.8. The first kappa shape index (κ1) is 68.2. The Hall–Kier alpha value is -8.67. The van der Waals surface area contributed by atoms with E-state index in [0.29, 0.717) is 33.9 Å². The van der Waals surface area contributed by atoms with Gasteiger partial charge in [-0.2, -0.15) is 0 Å². The molecule has 3 fully saturated rings. The van der Waals surface area contributed by atoms with E-state index in [1.807, 2.05) is 136 Å². The van der Waals surface area contributed by atoms with Crippen LogP contribution in [0, 0.1) is 38.5 Å². The molecule has 11 rings (SSSR count). The van der Waals surface area contributed by atoms with Gasteiger partial charge in [-0.1, -0.05) is 221 Å². The van der Waals surface area contributed by atoms with Gasteiger partial charge in [0, 0.05) is 43.8 Å². The third-order valence-corrected chi connectivity index (χ3v) is 18.1. The number of benzene rings is 8. The van der Waals surface area contributed by atoms with Crippen LogP contribution in [0.5, 0.6) is 0 Å². The van der Waals surface area contributed by atoms with Gasteiger partial charge in [0.25, 0.3) is 23.6 Å². The van der Waals surface area contributed by atoms with Crippen LogP contribution < -0.4 is 21.3 Å². The molecule has 472 valence electrons. The Morgan fingerprint density at radius 1 is 0.407 bits per heavy atom. The van der Waals surface area contributed by atoms with Gasteiger partial charge >= 0.3 is 5.97 Å². The van der Waals surface area contributed by atoms with Crippen LogP contribution in [0.3, 0.4) is 0 Å². The lowest BCUT2D eigenvalue weighted by atomic mass is 9.85. The maximum atomic E-state index is 12.4. The smallest absolute Gasteiger partial charge is 0.337 e. The number of nitrogens with one attached hydrogen (secondary N) is 4. The minimum absolute atomic E-state index is 0.0388. The molecule has 11 heteroatoms. The summed E-state index contributed by atoms with van der Waals surface area (Å²) in [6, 6.07) is 60.6. The van der Waals surface area contributed by atoms with Gasteiger partial charge < -0.3 is 26.4 Å². The molecule has 0 heterocycles. The lowest BCUT2D eigenvalue weighted by Crippen LogP contribution is -2.15. The van der Waals surface area contributed by atoms with Crippen molar-refractivity contribution in [2.45, 2.75) is 143 Å². The molecule has 8 aromatic carbocycles. The molecule has 3 saturated carbocycles. The second-order valence-electron chi connectivity index (χ2n) is 24.5. The van der Waals surface area contributed by atoms with E-state index in [1.54, 1.807) is 42.5 Å². The Morgan fingerprint density at radius 3 is 1.19 bits per heavy atom.